The highest BCUT2D eigenvalue weighted by Gasteiger charge is 2.29. The Morgan fingerprint density at radius 1 is 1.39 bits per heavy atom. The molecule has 1 aromatic carbocycles. The number of benzene rings is 1. The zero-order valence-corrected chi connectivity index (χ0v) is 11.5. The van der Waals surface area contributed by atoms with Crippen LogP contribution in [0.4, 0.5) is 0 Å². The molecule has 1 rings (SSSR count). The number of nitriles is 1. The topological polar surface area (TPSA) is 44.1 Å². The van der Waals surface area contributed by atoms with Crippen LogP contribution in [0.15, 0.2) is 24.3 Å². The molecule has 0 atom stereocenters. The molecular weight excluding hydrogens is 224 g/mol. The van der Waals surface area contributed by atoms with Crippen LogP contribution >= 0.6 is 0 Å². The predicted octanol–water partition coefficient (Wildman–Crippen LogP) is 2.55. The van der Waals surface area contributed by atoms with Gasteiger partial charge in [-0.15, -0.1) is 0 Å². The van der Waals surface area contributed by atoms with Gasteiger partial charge in [0.1, 0.15) is 5.41 Å². The maximum atomic E-state index is 12.0. The van der Waals surface area contributed by atoms with Gasteiger partial charge in [0.05, 0.1) is 6.07 Å². The molecule has 0 radical (unpaired) electrons. The van der Waals surface area contributed by atoms with Crippen LogP contribution in [-0.4, -0.2) is 24.4 Å². The maximum absolute atomic E-state index is 12.0. The summed E-state index contributed by atoms with van der Waals surface area (Å²) in [6.45, 7) is 6.00. The summed E-state index contributed by atoms with van der Waals surface area (Å²) in [6.07, 6.45) is 0.816. The van der Waals surface area contributed by atoms with Crippen LogP contribution in [0.1, 0.15) is 25.0 Å². The molecule has 0 saturated heterocycles. The third-order valence-corrected chi connectivity index (χ3v) is 3.14. The van der Waals surface area contributed by atoms with Crippen LogP contribution in [0.25, 0.3) is 0 Å². The average Bonchev–Trinajstić information content (AvgIpc) is 2.36. The highest BCUT2D eigenvalue weighted by molar-refractivity contribution is 5.84. The Hall–Kier alpha value is -1.82. The van der Waals surface area contributed by atoms with Crippen molar-refractivity contribution in [2.75, 3.05) is 13.6 Å². The van der Waals surface area contributed by atoms with Crippen molar-refractivity contribution in [1.29, 1.82) is 5.26 Å². The van der Waals surface area contributed by atoms with E-state index in [1.807, 2.05) is 18.2 Å². The van der Waals surface area contributed by atoms with E-state index in [1.165, 1.54) is 11.1 Å². The highest BCUT2D eigenvalue weighted by atomic mass is 16.2. The van der Waals surface area contributed by atoms with Gasteiger partial charge in [-0.1, -0.05) is 24.3 Å². The summed E-state index contributed by atoms with van der Waals surface area (Å²) in [5.74, 6) is -0.126. The van der Waals surface area contributed by atoms with Gasteiger partial charge in [-0.2, -0.15) is 5.26 Å². The molecule has 18 heavy (non-hydrogen) atoms. The van der Waals surface area contributed by atoms with Crippen molar-refractivity contribution in [3.05, 3.63) is 35.4 Å². The first-order valence-corrected chi connectivity index (χ1v) is 6.10. The van der Waals surface area contributed by atoms with E-state index in [9.17, 15) is 4.79 Å². The van der Waals surface area contributed by atoms with Gasteiger partial charge in [-0.25, -0.2) is 0 Å². The van der Waals surface area contributed by atoms with Gasteiger partial charge < -0.3 is 4.90 Å². The summed E-state index contributed by atoms with van der Waals surface area (Å²) in [4.78, 5) is 13.6. The third kappa shape index (κ3) is 3.33. The Morgan fingerprint density at radius 2 is 2.00 bits per heavy atom. The van der Waals surface area contributed by atoms with E-state index in [-0.39, 0.29) is 5.91 Å². The summed E-state index contributed by atoms with van der Waals surface area (Å²) in [5, 5.41) is 8.95. The number of carbonyl (C=O) groups excluding carboxylic acids is 1. The molecule has 1 aromatic rings. The molecule has 3 heteroatoms. The first-order chi connectivity index (χ1) is 8.38. The van der Waals surface area contributed by atoms with Gasteiger partial charge in [0, 0.05) is 13.6 Å². The fourth-order valence-electron chi connectivity index (χ4n) is 1.81. The number of hydrogen-bond acceptors (Lipinski definition) is 2. The van der Waals surface area contributed by atoms with Crippen LogP contribution in [0.3, 0.4) is 0 Å². The molecule has 0 unspecified atom stereocenters. The molecule has 0 aliphatic rings. The number of nitrogens with zero attached hydrogens (tertiary/aromatic N) is 2. The van der Waals surface area contributed by atoms with Gasteiger partial charge in [0.15, 0.2) is 0 Å². The summed E-state index contributed by atoms with van der Waals surface area (Å²) in [7, 11) is 1.75. The van der Waals surface area contributed by atoms with Crippen molar-refractivity contribution < 1.29 is 4.79 Å². The standard InChI is InChI=1S/C15H20N2O/c1-12-7-5-6-8-13(12)9-10-17(4)14(18)15(2,3)11-16/h5-8H,9-10H2,1-4H3. The smallest absolute Gasteiger partial charge is 0.242 e. The Balaban J connectivity index is 2.63. The Labute approximate surface area is 109 Å². The molecule has 0 aliphatic carbocycles. The summed E-state index contributed by atoms with van der Waals surface area (Å²) in [5.41, 5.74) is 1.53. The minimum atomic E-state index is -0.944. The van der Waals surface area contributed by atoms with E-state index in [2.05, 4.69) is 19.1 Å². The van der Waals surface area contributed by atoms with Gasteiger partial charge >= 0.3 is 0 Å². The highest BCUT2D eigenvalue weighted by Crippen LogP contribution is 2.17. The van der Waals surface area contributed by atoms with Gasteiger partial charge in [0.25, 0.3) is 0 Å². The third-order valence-electron chi connectivity index (χ3n) is 3.14. The van der Waals surface area contributed by atoms with E-state index >= 15 is 0 Å². The molecule has 96 valence electrons. The van der Waals surface area contributed by atoms with Crippen molar-refractivity contribution in [2.24, 2.45) is 5.41 Å². The number of hydrogen-bond donors (Lipinski definition) is 0. The lowest BCUT2D eigenvalue weighted by Crippen LogP contribution is -2.38. The average molecular weight is 244 g/mol. The minimum absolute atomic E-state index is 0.126. The largest absolute Gasteiger partial charge is 0.344 e. The molecule has 0 N–H and O–H groups in total. The molecule has 0 aliphatic heterocycles. The Bertz CT molecular complexity index is 472. The quantitative estimate of drug-likeness (QED) is 0.817. The molecule has 0 spiro atoms. The van der Waals surface area contributed by atoms with Crippen LogP contribution < -0.4 is 0 Å². The number of likely N-dealkylation sites (N-methyl/N-ethyl adjacent to an activating group) is 1. The molecule has 0 bridgehead atoms. The molecule has 0 heterocycles. The lowest BCUT2D eigenvalue weighted by molar-refractivity contribution is -0.136. The molecule has 0 fully saturated rings. The molecule has 3 nitrogen and oxygen atoms in total. The maximum Gasteiger partial charge on any atom is 0.242 e. The number of rotatable bonds is 4. The molecular formula is C15H20N2O. The molecule has 1 amide bonds. The van der Waals surface area contributed by atoms with E-state index < -0.39 is 5.41 Å². The second-order valence-corrected chi connectivity index (χ2v) is 5.14. The fraction of sp³-hybridized carbons (Fsp3) is 0.467. The van der Waals surface area contributed by atoms with E-state index in [0.717, 1.165) is 6.42 Å². The Morgan fingerprint density at radius 3 is 2.56 bits per heavy atom. The van der Waals surface area contributed by atoms with Crippen molar-refractivity contribution in [2.45, 2.75) is 27.2 Å². The molecule has 0 saturated carbocycles. The van der Waals surface area contributed by atoms with Crippen molar-refractivity contribution >= 4 is 5.91 Å². The lowest BCUT2D eigenvalue weighted by Gasteiger charge is -2.24. The summed E-state index contributed by atoms with van der Waals surface area (Å²) in [6, 6.07) is 10.2. The normalized spacial score (nSPS) is 10.8. The first kappa shape index (κ1) is 14.2. The second-order valence-electron chi connectivity index (χ2n) is 5.14. The molecule has 0 aromatic heterocycles. The van der Waals surface area contributed by atoms with E-state index in [0.29, 0.717) is 6.54 Å². The van der Waals surface area contributed by atoms with Crippen molar-refractivity contribution in [3.8, 4) is 6.07 Å². The zero-order chi connectivity index (χ0) is 13.8. The number of aryl methyl sites for hydroxylation is 1. The summed E-state index contributed by atoms with van der Waals surface area (Å²) >= 11 is 0. The van der Waals surface area contributed by atoms with Crippen LogP contribution in [0, 0.1) is 23.7 Å². The SMILES string of the molecule is Cc1ccccc1CCN(C)C(=O)C(C)(C)C#N. The van der Waals surface area contributed by atoms with E-state index in [1.54, 1.807) is 25.8 Å². The predicted molar refractivity (Wildman–Crippen MR) is 71.9 cm³/mol. The monoisotopic (exact) mass is 244 g/mol. The lowest BCUT2D eigenvalue weighted by atomic mass is 9.94. The zero-order valence-electron chi connectivity index (χ0n) is 11.5. The van der Waals surface area contributed by atoms with Crippen molar-refractivity contribution in [3.63, 3.8) is 0 Å². The summed E-state index contributed by atoms with van der Waals surface area (Å²) < 4.78 is 0. The minimum Gasteiger partial charge on any atom is -0.344 e. The van der Waals surface area contributed by atoms with Crippen LogP contribution in [-0.2, 0) is 11.2 Å². The Kier molecular flexibility index (Phi) is 4.49. The first-order valence-electron chi connectivity index (χ1n) is 6.10. The number of amides is 1. The van der Waals surface area contributed by atoms with Gasteiger partial charge in [0.2, 0.25) is 5.91 Å². The van der Waals surface area contributed by atoms with Crippen LogP contribution in [0.2, 0.25) is 0 Å². The van der Waals surface area contributed by atoms with E-state index in [4.69, 9.17) is 5.26 Å². The van der Waals surface area contributed by atoms with Crippen molar-refractivity contribution in [1.82, 2.24) is 4.90 Å². The van der Waals surface area contributed by atoms with Crippen LogP contribution in [0.5, 0.6) is 0 Å². The van der Waals surface area contributed by atoms with Gasteiger partial charge in [-0.05, 0) is 38.3 Å². The van der Waals surface area contributed by atoms with Gasteiger partial charge in [-0.3, -0.25) is 4.79 Å². The second kappa shape index (κ2) is 5.68. The number of carbonyl (C=O) groups is 1. The fourth-order valence-corrected chi connectivity index (χ4v) is 1.81.